The van der Waals surface area contributed by atoms with E-state index in [0.717, 1.165) is 4.90 Å². The summed E-state index contributed by atoms with van der Waals surface area (Å²) >= 11 is 0. The third kappa shape index (κ3) is 3.88. The second-order valence-electron chi connectivity index (χ2n) is 6.32. The van der Waals surface area contributed by atoms with Crippen molar-refractivity contribution >= 4 is 28.2 Å². The summed E-state index contributed by atoms with van der Waals surface area (Å²) in [5.74, 6) is -1.09. The number of hydrogen-bond acceptors (Lipinski definition) is 8. The number of nitrogens with one attached hydrogen (secondary N) is 2. The highest BCUT2D eigenvalue weighted by Crippen LogP contribution is 2.30. The van der Waals surface area contributed by atoms with Gasteiger partial charge in [-0.15, -0.1) is 4.28 Å². The van der Waals surface area contributed by atoms with E-state index in [-0.39, 0.29) is 13.0 Å². The van der Waals surface area contributed by atoms with Gasteiger partial charge < -0.3 is 16.0 Å². The van der Waals surface area contributed by atoms with Crippen LogP contribution in [-0.2, 0) is 29.1 Å². The lowest BCUT2D eigenvalue weighted by molar-refractivity contribution is -0.143. The molecule has 0 saturated carbocycles. The molecule has 0 spiro atoms. The van der Waals surface area contributed by atoms with E-state index in [2.05, 4.69) is 15.1 Å². The molecule has 13 nitrogen and oxygen atoms in total. The van der Waals surface area contributed by atoms with Gasteiger partial charge in [0.2, 0.25) is 5.91 Å². The van der Waals surface area contributed by atoms with Crippen molar-refractivity contribution in [3.63, 3.8) is 0 Å². The molecular formula is C12H19N5O8S. The zero-order chi connectivity index (χ0) is 19.1. The van der Waals surface area contributed by atoms with Crippen LogP contribution in [0, 0.1) is 0 Å². The van der Waals surface area contributed by atoms with Gasteiger partial charge >= 0.3 is 16.4 Å². The SMILES string of the molecule is NC(=O)C1CC(ONC(=O)[C@@H]2CC[C@@H]3CN2C(=O)N3OS(=O)(=O)O)CN1. The molecule has 0 radical (unpaired) electrons. The van der Waals surface area contributed by atoms with Gasteiger partial charge in [-0.05, 0) is 12.8 Å². The highest BCUT2D eigenvalue weighted by molar-refractivity contribution is 7.80. The molecule has 2 bridgehead atoms. The molecule has 0 aromatic rings. The topological polar surface area (TPSA) is 181 Å². The number of rotatable bonds is 6. The molecule has 0 aromatic heterocycles. The van der Waals surface area contributed by atoms with E-state index in [1.807, 2.05) is 0 Å². The molecule has 3 fully saturated rings. The fourth-order valence-corrected chi connectivity index (χ4v) is 3.71. The van der Waals surface area contributed by atoms with Crippen molar-refractivity contribution in [1.82, 2.24) is 20.8 Å². The normalized spacial score (nSPS) is 31.3. The number of carbonyl (C=O) groups excluding carboxylic acids is 3. The predicted molar refractivity (Wildman–Crippen MR) is 82.0 cm³/mol. The second-order valence-corrected chi connectivity index (χ2v) is 7.32. The third-order valence-corrected chi connectivity index (χ3v) is 4.91. The number of nitrogens with two attached hydrogens (primary N) is 1. The van der Waals surface area contributed by atoms with Crippen LogP contribution >= 0.6 is 0 Å². The summed E-state index contributed by atoms with van der Waals surface area (Å²) in [6.07, 6.45) is 0.441. The first kappa shape index (κ1) is 18.8. The Hall–Kier alpha value is -2.00. The minimum absolute atomic E-state index is 0.0845. The highest BCUT2D eigenvalue weighted by atomic mass is 32.3. The summed E-state index contributed by atoms with van der Waals surface area (Å²) in [5.41, 5.74) is 7.45. The molecule has 5 N–H and O–H groups in total. The quantitative estimate of drug-likeness (QED) is 0.275. The van der Waals surface area contributed by atoms with E-state index in [1.165, 1.54) is 0 Å². The van der Waals surface area contributed by atoms with Crippen LogP contribution in [0.15, 0.2) is 0 Å². The Bertz CT molecular complexity index is 714. The maximum absolute atomic E-state index is 12.3. The van der Waals surface area contributed by atoms with E-state index in [9.17, 15) is 22.8 Å². The summed E-state index contributed by atoms with van der Waals surface area (Å²) in [6.45, 7) is 0.417. The molecule has 3 saturated heterocycles. The molecule has 0 aromatic carbocycles. The number of urea groups is 1. The van der Waals surface area contributed by atoms with Gasteiger partial charge in [0.1, 0.15) is 6.04 Å². The van der Waals surface area contributed by atoms with E-state index >= 15 is 0 Å². The zero-order valence-corrected chi connectivity index (χ0v) is 14.3. The molecule has 26 heavy (non-hydrogen) atoms. The van der Waals surface area contributed by atoms with Crippen LogP contribution in [-0.4, -0.2) is 78.1 Å². The lowest BCUT2D eigenvalue weighted by atomic mass is 10.0. The average Bonchev–Trinajstić information content (AvgIpc) is 3.12. The number of fused-ring (bicyclic) bond motifs is 2. The number of carbonyl (C=O) groups is 3. The van der Waals surface area contributed by atoms with Crippen molar-refractivity contribution in [2.45, 2.75) is 43.5 Å². The van der Waals surface area contributed by atoms with Crippen LogP contribution in [0.2, 0.25) is 0 Å². The van der Waals surface area contributed by atoms with Gasteiger partial charge in [0, 0.05) is 19.5 Å². The van der Waals surface area contributed by atoms with Gasteiger partial charge in [0.25, 0.3) is 5.91 Å². The first-order chi connectivity index (χ1) is 12.2. The van der Waals surface area contributed by atoms with Crippen molar-refractivity contribution < 1.29 is 36.5 Å². The lowest BCUT2D eigenvalue weighted by Crippen LogP contribution is -2.50. The second kappa shape index (κ2) is 6.96. The van der Waals surface area contributed by atoms with Crippen molar-refractivity contribution in [3.8, 4) is 0 Å². The smallest absolute Gasteiger partial charge is 0.368 e. The van der Waals surface area contributed by atoms with Crippen LogP contribution in [0.5, 0.6) is 0 Å². The molecule has 4 atom stereocenters. The van der Waals surface area contributed by atoms with Crippen LogP contribution in [0.3, 0.4) is 0 Å². The summed E-state index contributed by atoms with van der Waals surface area (Å²) in [4.78, 5) is 42.0. The molecule has 0 aliphatic carbocycles. The Morgan fingerprint density at radius 2 is 2.08 bits per heavy atom. The molecule has 3 rings (SSSR count). The largest absolute Gasteiger partial charge is 0.418 e. The maximum atomic E-state index is 12.3. The monoisotopic (exact) mass is 393 g/mol. The van der Waals surface area contributed by atoms with Gasteiger partial charge in [-0.25, -0.2) is 10.3 Å². The van der Waals surface area contributed by atoms with Gasteiger partial charge in [-0.2, -0.15) is 13.5 Å². The van der Waals surface area contributed by atoms with Gasteiger partial charge in [0.15, 0.2) is 0 Å². The van der Waals surface area contributed by atoms with E-state index in [4.69, 9.17) is 15.1 Å². The minimum Gasteiger partial charge on any atom is -0.368 e. The van der Waals surface area contributed by atoms with Crippen molar-refractivity contribution in [2.75, 3.05) is 13.1 Å². The molecule has 14 heteroatoms. The number of hydrogen-bond donors (Lipinski definition) is 4. The highest BCUT2D eigenvalue weighted by Gasteiger charge is 2.49. The fourth-order valence-electron chi connectivity index (χ4n) is 3.32. The fraction of sp³-hybridized carbons (Fsp3) is 0.750. The average molecular weight is 393 g/mol. The maximum Gasteiger partial charge on any atom is 0.418 e. The number of hydroxylamine groups is 3. The number of primary amides is 1. The number of nitrogens with zero attached hydrogens (tertiary/aromatic N) is 2. The summed E-state index contributed by atoms with van der Waals surface area (Å²) in [5, 5.41) is 3.41. The van der Waals surface area contributed by atoms with Crippen molar-refractivity contribution in [1.29, 1.82) is 0 Å². The summed E-state index contributed by atoms with van der Waals surface area (Å²) in [6, 6.07) is -2.81. The molecular weight excluding hydrogens is 374 g/mol. The summed E-state index contributed by atoms with van der Waals surface area (Å²) in [7, 11) is -4.84. The number of piperidine rings is 1. The molecule has 2 unspecified atom stereocenters. The Morgan fingerprint density at radius 3 is 2.69 bits per heavy atom. The molecule has 3 heterocycles. The minimum atomic E-state index is -4.84. The first-order valence-corrected chi connectivity index (χ1v) is 9.27. The Balaban J connectivity index is 1.55. The Kier molecular flexibility index (Phi) is 5.03. The first-order valence-electron chi connectivity index (χ1n) is 7.90. The van der Waals surface area contributed by atoms with E-state index < -0.39 is 52.5 Å². The van der Waals surface area contributed by atoms with Crippen LogP contribution in [0.25, 0.3) is 0 Å². The van der Waals surface area contributed by atoms with Gasteiger partial charge in [-0.3, -0.25) is 19.0 Å². The Labute approximate surface area is 148 Å². The van der Waals surface area contributed by atoms with Crippen LogP contribution < -0.4 is 16.5 Å². The molecule has 146 valence electrons. The van der Waals surface area contributed by atoms with E-state index in [1.54, 1.807) is 0 Å². The molecule has 3 aliphatic rings. The summed E-state index contributed by atoms with van der Waals surface area (Å²) < 4.78 is 34.7. The van der Waals surface area contributed by atoms with Crippen LogP contribution in [0.4, 0.5) is 4.79 Å². The van der Waals surface area contributed by atoms with Crippen LogP contribution in [0.1, 0.15) is 19.3 Å². The standard InChI is InChI=1S/C12H19N5O8S/c13-10(18)8-3-7(4-14-8)24-15-11(19)9-2-1-6-5-16(9)12(20)17(6)25-26(21,22)23/h6-9,14H,1-5H2,(H2,13,18)(H,15,19)(H,21,22,23)/t6-,7?,8?,9+/m1/s1. The van der Waals surface area contributed by atoms with E-state index in [0.29, 0.717) is 24.4 Å². The lowest BCUT2D eigenvalue weighted by Gasteiger charge is -2.29. The number of amides is 4. The predicted octanol–water partition coefficient (Wildman–Crippen LogP) is -2.75. The molecule has 3 aliphatic heterocycles. The van der Waals surface area contributed by atoms with Crippen molar-refractivity contribution in [2.24, 2.45) is 5.73 Å². The van der Waals surface area contributed by atoms with Gasteiger partial charge in [-0.1, -0.05) is 0 Å². The Morgan fingerprint density at radius 1 is 1.35 bits per heavy atom. The zero-order valence-electron chi connectivity index (χ0n) is 13.5. The molecule has 4 amide bonds. The van der Waals surface area contributed by atoms with Gasteiger partial charge in [0.05, 0.1) is 18.2 Å². The van der Waals surface area contributed by atoms with Crippen molar-refractivity contribution in [3.05, 3.63) is 0 Å². The third-order valence-electron chi connectivity index (χ3n) is 4.56.